The van der Waals surface area contributed by atoms with E-state index >= 15 is 0 Å². The Balaban J connectivity index is 0.000000166. The Morgan fingerprint density at radius 2 is 1.02 bits per heavy atom. The van der Waals surface area contributed by atoms with E-state index in [1.807, 2.05) is 0 Å². The Bertz CT molecular complexity index is 1890. The summed E-state index contributed by atoms with van der Waals surface area (Å²) in [7, 11) is 0. The summed E-state index contributed by atoms with van der Waals surface area (Å²) in [5.74, 6) is 5.14. The van der Waals surface area contributed by atoms with Crippen LogP contribution in [0, 0.1) is 119 Å². The lowest BCUT2D eigenvalue weighted by Crippen LogP contribution is -2.67. The molecule has 21 atom stereocenters. The van der Waals surface area contributed by atoms with E-state index in [9.17, 15) is 30.3 Å². The molecule has 0 amide bonds. The maximum atomic E-state index is 12.8. The van der Waals surface area contributed by atoms with Gasteiger partial charge in [-0.05, 0) is 248 Å². The highest BCUT2D eigenvalue weighted by Gasteiger charge is 2.73. The minimum Gasteiger partial charge on any atom is -0.481 e. The lowest BCUT2D eigenvalue weighted by atomic mass is 9.32. The van der Waals surface area contributed by atoms with E-state index in [4.69, 9.17) is 0 Å². The molecule has 0 heterocycles. The number of carbonyl (C=O) groups is 1. The van der Waals surface area contributed by atoms with Gasteiger partial charge in [0, 0.05) is 6.61 Å². The molecule has 0 saturated heterocycles. The predicted molar refractivity (Wildman–Crippen MR) is 266 cm³/mol. The summed E-state index contributed by atoms with van der Waals surface area (Å²) >= 11 is 0. The lowest BCUT2D eigenvalue weighted by Gasteiger charge is -2.73. The van der Waals surface area contributed by atoms with Crippen molar-refractivity contribution in [2.75, 3.05) is 13.2 Å². The highest BCUT2D eigenvalue weighted by Crippen LogP contribution is 2.79. The molecule has 10 aliphatic carbocycles. The van der Waals surface area contributed by atoms with Gasteiger partial charge in [-0.1, -0.05) is 89.7 Å². The normalized spacial score (nSPS) is 55.6. The summed E-state index contributed by atoms with van der Waals surface area (Å²) in [6.07, 6.45) is 22.8. The Labute approximate surface area is 403 Å². The van der Waals surface area contributed by atoms with E-state index in [1.54, 1.807) is 0 Å². The minimum absolute atomic E-state index is 0.0344. The number of aliphatic carboxylic acids is 1. The number of carboxylic acids is 1. The van der Waals surface area contributed by atoms with Gasteiger partial charge < -0.3 is 25.5 Å². The first-order valence-corrected chi connectivity index (χ1v) is 28.1. The molecule has 10 saturated carbocycles. The summed E-state index contributed by atoms with van der Waals surface area (Å²) in [4.78, 5) is 12.8. The van der Waals surface area contributed by atoms with Crippen LogP contribution in [0.15, 0.2) is 12.2 Å². The van der Waals surface area contributed by atoms with Crippen LogP contribution in [0.4, 0.5) is 0 Å². The van der Waals surface area contributed by atoms with Gasteiger partial charge in [0.05, 0.1) is 24.2 Å². The van der Waals surface area contributed by atoms with Gasteiger partial charge in [0.15, 0.2) is 0 Å². The smallest absolute Gasteiger partial charge is 0.309 e. The monoisotopic (exact) mass is 917 g/mol. The standard InChI is InChI=1S/C30H50O4.C30H50O2/c1-18(17-31)19-9-14-30(25(33)34)16-15-28(5)20(24(19)30)7-8-22-27(4)12-11-23(32)26(2,3)21(27)10-13-29(22,28)6;1-19(18-31)20-10-13-27(4)16-17-29(6)21(25(20)27)8-9-23-28(5)14-12-24(32)26(2,3)22(28)11-15-30(23,29)7/h18-24,31-32H,7-17H2,1-6H3,(H,33,34);20-25,31-32H,1,8-18H2,2-7H3/t18?,19-,20+,21-,22+,23-,24+,27-,28+,29+,30-;20-,21+,22-,23+,24-,25+,27+,28-,29+,30+/m00/s1. The summed E-state index contributed by atoms with van der Waals surface area (Å²) < 4.78 is 0. The van der Waals surface area contributed by atoms with Gasteiger partial charge in [0.25, 0.3) is 0 Å². The second kappa shape index (κ2) is 16.0. The van der Waals surface area contributed by atoms with Gasteiger partial charge in [-0.3, -0.25) is 4.79 Å². The van der Waals surface area contributed by atoms with Crippen molar-refractivity contribution >= 4 is 5.97 Å². The third-order valence-corrected chi connectivity index (χ3v) is 27.5. The first-order valence-electron chi connectivity index (χ1n) is 28.1. The molecule has 0 aliphatic heterocycles. The highest BCUT2D eigenvalue weighted by atomic mass is 16.4. The number of rotatable bonds is 5. The van der Waals surface area contributed by atoms with Gasteiger partial charge in [-0.15, -0.1) is 0 Å². The van der Waals surface area contributed by atoms with Crippen LogP contribution in [0.1, 0.15) is 212 Å². The second-order valence-electron chi connectivity index (χ2n) is 29.6. The number of aliphatic hydroxyl groups is 4. The topological polar surface area (TPSA) is 118 Å². The zero-order chi connectivity index (χ0) is 48.2. The van der Waals surface area contributed by atoms with Gasteiger partial charge in [0.2, 0.25) is 0 Å². The van der Waals surface area contributed by atoms with Crippen molar-refractivity contribution < 1.29 is 30.3 Å². The van der Waals surface area contributed by atoms with E-state index in [0.717, 1.165) is 68.8 Å². The third kappa shape index (κ3) is 6.38. The average Bonchev–Trinajstić information content (AvgIpc) is 3.83. The Kier molecular flexibility index (Phi) is 12.1. The molecule has 5 N–H and O–H groups in total. The third-order valence-electron chi connectivity index (χ3n) is 27.5. The number of carboxylic acid groups (broad SMARTS) is 1. The summed E-state index contributed by atoms with van der Waals surface area (Å²) in [5.41, 5.74) is 2.68. The quantitative estimate of drug-likeness (QED) is 0.175. The highest BCUT2D eigenvalue weighted by molar-refractivity contribution is 5.76. The van der Waals surface area contributed by atoms with Gasteiger partial charge >= 0.3 is 5.97 Å². The first-order chi connectivity index (χ1) is 30.6. The zero-order valence-electron chi connectivity index (χ0n) is 44.4. The Morgan fingerprint density at radius 3 is 1.48 bits per heavy atom. The lowest BCUT2D eigenvalue weighted by molar-refractivity contribution is -0.249. The summed E-state index contributed by atoms with van der Waals surface area (Å²) in [5, 5.41) is 52.4. The molecule has 6 heteroatoms. The van der Waals surface area contributed by atoms with Crippen molar-refractivity contribution in [2.45, 2.75) is 224 Å². The van der Waals surface area contributed by atoms with Gasteiger partial charge in [-0.25, -0.2) is 0 Å². The molecule has 376 valence electrons. The van der Waals surface area contributed by atoms with E-state index in [1.165, 1.54) is 77.0 Å². The molecule has 0 bridgehead atoms. The van der Waals surface area contributed by atoms with Crippen LogP contribution >= 0.6 is 0 Å². The van der Waals surface area contributed by atoms with Crippen molar-refractivity contribution in [2.24, 2.45) is 119 Å². The van der Waals surface area contributed by atoms with Crippen molar-refractivity contribution in [3.63, 3.8) is 0 Å². The van der Waals surface area contributed by atoms with Gasteiger partial charge in [0.1, 0.15) is 0 Å². The van der Waals surface area contributed by atoms with Crippen LogP contribution in [-0.2, 0) is 4.79 Å². The van der Waals surface area contributed by atoms with E-state index in [2.05, 4.69) is 89.7 Å². The molecule has 10 fully saturated rings. The van der Waals surface area contributed by atoms with E-state index in [-0.39, 0.29) is 64.3 Å². The molecule has 0 radical (unpaired) electrons. The van der Waals surface area contributed by atoms with E-state index < -0.39 is 11.4 Å². The molecule has 1 unspecified atom stereocenters. The Hall–Kier alpha value is -0.950. The number of aliphatic hydroxyl groups excluding tert-OH is 4. The summed E-state index contributed by atoms with van der Waals surface area (Å²) in [6, 6.07) is 0. The van der Waals surface area contributed by atoms with Crippen LogP contribution in [0.3, 0.4) is 0 Å². The molecular formula is C60H100O6. The van der Waals surface area contributed by atoms with Crippen LogP contribution in [0.2, 0.25) is 0 Å². The molecule has 6 nitrogen and oxygen atoms in total. The fourth-order valence-electron chi connectivity index (χ4n) is 23.3. The number of fused-ring (bicyclic) bond motifs is 14. The SMILES string of the molecule is C=C(CO)[C@@H]1CC[C@]2(C)CC[C@]3(C)[C@H](CC[C@@H]4[C@@]5(C)CC[C@H](O)C(C)(C)[C@@H]5CC[C@]43C)[C@@H]12.CC(CO)[C@@H]1CC[C@]2(C(=O)O)CC[C@]3(C)[C@H](CC[C@@H]4[C@@]5(C)CC[C@H](O)C(C)(C)[C@@H]5CC[C@]43C)[C@@H]12. The largest absolute Gasteiger partial charge is 0.481 e. The maximum absolute atomic E-state index is 12.8. The van der Waals surface area contributed by atoms with Crippen LogP contribution < -0.4 is 0 Å². The Morgan fingerprint density at radius 1 is 0.530 bits per heavy atom. The molecule has 10 aliphatic rings. The molecule has 0 aromatic heterocycles. The van der Waals surface area contributed by atoms with Gasteiger partial charge in [-0.2, -0.15) is 0 Å². The number of hydrogen-bond donors (Lipinski definition) is 5. The minimum atomic E-state index is -0.584. The molecule has 66 heavy (non-hydrogen) atoms. The van der Waals surface area contributed by atoms with Crippen molar-refractivity contribution in [3.05, 3.63) is 12.2 Å². The van der Waals surface area contributed by atoms with Crippen molar-refractivity contribution in [3.8, 4) is 0 Å². The second-order valence-corrected chi connectivity index (χ2v) is 29.6. The zero-order valence-corrected chi connectivity index (χ0v) is 44.4. The molecule has 0 spiro atoms. The molecule has 10 rings (SSSR count). The van der Waals surface area contributed by atoms with Crippen molar-refractivity contribution in [1.29, 1.82) is 0 Å². The fourth-order valence-corrected chi connectivity index (χ4v) is 23.3. The van der Waals surface area contributed by atoms with Crippen LogP contribution in [0.5, 0.6) is 0 Å². The summed E-state index contributed by atoms with van der Waals surface area (Å²) in [6.45, 7) is 34.4. The van der Waals surface area contributed by atoms with Crippen LogP contribution in [-0.4, -0.2) is 56.9 Å². The average molecular weight is 917 g/mol. The fraction of sp³-hybridized carbons (Fsp3) is 0.950. The predicted octanol–water partition coefficient (Wildman–Crippen LogP) is 13.1. The van der Waals surface area contributed by atoms with E-state index in [0.29, 0.717) is 63.1 Å². The molecular weight excluding hydrogens is 817 g/mol. The first kappa shape index (κ1) is 50.0. The molecule has 0 aromatic carbocycles. The van der Waals surface area contributed by atoms with Crippen LogP contribution in [0.25, 0.3) is 0 Å². The van der Waals surface area contributed by atoms with Crippen molar-refractivity contribution in [1.82, 2.24) is 0 Å². The maximum Gasteiger partial charge on any atom is 0.309 e. The number of hydrogen-bond acceptors (Lipinski definition) is 5. The molecule has 0 aromatic rings.